The van der Waals surface area contributed by atoms with Crippen LogP contribution in [0.15, 0.2) is 12.1 Å². The van der Waals surface area contributed by atoms with Crippen LogP contribution in [0.4, 0.5) is 4.79 Å². The van der Waals surface area contributed by atoms with E-state index in [0.29, 0.717) is 24.3 Å². The Bertz CT molecular complexity index is 608. The van der Waals surface area contributed by atoms with Crippen molar-refractivity contribution in [1.82, 2.24) is 15.1 Å². The van der Waals surface area contributed by atoms with Crippen LogP contribution in [0.3, 0.4) is 0 Å². The zero-order valence-corrected chi connectivity index (χ0v) is 15.7. The molecular formula is C20H31N3O2. The van der Waals surface area contributed by atoms with Gasteiger partial charge in [-0.15, -0.1) is 0 Å². The summed E-state index contributed by atoms with van der Waals surface area (Å²) in [5, 5.41) is 13.0. The van der Waals surface area contributed by atoms with Gasteiger partial charge in [0.2, 0.25) is 0 Å². The molecule has 0 aromatic heterocycles. The molecule has 0 aliphatic carbocycles. The number of aryl methyl sites for hydroxylation is 2. The third-order valence-electron chi connectivity index (χ3n) is 5.77. The van der Waals surface area contributed by atoms with E-state index in [-0.39, 0.29) is 6.03 Å². The highest BCUT2D eigenvalue weighted by Crippen LogP contribution is 2.30. The molecule has 0 saturated carbocycles. The topological polar surface area (TPSA) is 55.8 Å². The molecule has 0 bridgehead atoms. The van der Waals surface area contributed by atoms with E-state index in [2.05, 4.69) is 22.2 Å². The molecule has 2 amide bonds. The number of rotatable bonds is 3. The molecule has 2 fully saturated rings. The van der Waals surface area contributed by atoms with Gasteiger partial charge < -0.3 is 20.2 Å². The van der Waals surface area contributed by atoms with E-state index >= 15 is 0 Å². The Kier molecular flexibility index (Phi) is 5.52. The molecule has 5 heteroatoms. The minimum absolute atomic E-state index is 0.0893. The molecule has 2 N–H and O–H groups in total. The van der Waals surface area contributed by atoms with Crippen molar-refractivity contribution in [2.75, 3.05) is 33.2 Å². The van der Waals surface area contributed by atoms with E-state index in [1.165, 1.54) is 6.42 Å². The van der Waals surface area contributed by atoms with Crippen LogP contribution < -0.4 is 5.32 Å². The summed E-state index contributed by atoms with van der Waals surface area (Å²) in [6.07, 6.45) is 4.23. The van der Waals surface area contributed by atoms with Crippen molar-refractivity contribution in [3.05, 3.63) is 28.8 Å². The Morgan fingerprint density at radius 3 is 2.68 bits per heavy atom. The number of hydrogen-bond donors (Lipinski definition) is 2. The Hall–Kier alpha value is -1.75. The highest BCUT2D eigenvalue weighted by Gasteiger charge is 2.37. The molecule has 2 saturated heterocycles. The Morgan fingerprint density at radius 2 is 1.96 bits per heavy atom. The summed E-state index contributed by atoms with van der Waals surface area (Å²) in [5.74, 6) is 0.995. The minimum Gasteiger partial charge on any atom is -0.507 e. The lowest BCUT2D eigenvalue weighted by Crippen LogP contribution is -2.57. The zero-order chi connectivity index (χ0) is 18.0. The minimum atomic E-state index is 0.0893. The van der Waals surface area contributed by atoms with Crippen LogP contribution in [0.1, 0.15) is 36.0 Å². The highest BCUT2D eigenvalue weighted by molar-refractivity contribution is 5.74. The lowest BCUT2D eigenvalue weighted by atomic mass is 9.84. The zero-order valence-electron chi connectivity index (χ0n) is 15.7. The van der Waals surface area contributed by atoms with Crippen molar-refractivity contribution in [3.63, 3.8) is 0 Å². The van der Waals surface area contributed by atoms with Crippen molar-refractivity contribution < 1.29 is 9.90 Å². The molecule has 0 unspecified atom stereocenters. The van der Waals surface area contributed by atoms with Crippen LogP contribution in [0.25, 0.3) is 0 Å². The van der Waals surface area contributed by atoms with Gasteiger partial charge in [-0.1, -0.05) is 12.1 Å². The number of nitrogens with zero attached hydrogens (tertiary/aromatic N) is 2. The van der Waals surface area contributed by atoms with Gasteiger partial charge in [-0.2, -0.15) is 0 Å². The number of aromatic hydroxyl groups is 1. The summed E-state index contributed by atoms with van der Waals surface area (Å²) < 4.78 is 0. The summed E-state index contributed by atoms with van der Waals surface area (Å²) in [7, 11) is 2.18. The van der Waals surface area contributed by atoms with E-state index in [0.717, 1.165) is 55.6 Å². The quantitative estimate of drug-likeness (QED) is 0.885. The maximum absolute atomic E-state index is 12.7. The van der Waals surface area contributed by atoms with Gasteiger partial charge in [-0.05, 0) is 75.7 Å². The number of carbonyl (C=O) groups is 1. The molecule has 2 atom stereocenters. The van der Waals surface area contributed by atoms with Crippen molar-refractivity contribution >= 4 is 6.03 Å². The van der Waals surface area contributed by atoms with E-state index < -0.39 is 0 Å². The molecule has 3 rings (SSSR count). The maximum atomic E-state index is 12.7. The third kappa shape index (κ3) is 4.09. The Labute approximate surface area is 151 Å². The first-order valence-electron chi connectivity index (χ1n) is 9.48. The van der Waals surface area contributed by atoms with Crippen molar-refractivity contribution in [1.29, 1.82) is 0 Å². The molecule has 2 aliphatic heterocycles. The predicted octanol–water partition coefficient (Wildman–Crippen LogP) is 2.68. The van der Waals surface area contributed by atoms with Crippen molar-refractivity contribution in [2.45, 2.75) is 45.6 Å². The summed E-state index contributed by atoms with van der Waals surface area (Å²) in [6, 6.07) is 4.50. The molecule has 0 radical (unpaired) electrons. The van der Waals surface area contributed by atoms with Crippen LogP contribution in [0, 0.1) is 19.8 Å². The number of fused-ring (bicyclic) bond motifs is 1. The largest absolute Gasteiger partial charge is 0.507 e. The lowest BCUT2D eigenvalue weighted by molar-refractivity contribution is 0.0534. The third-order valence-corrected chi connectivity index (χ3v) is 5.77. The number of nitrogens with one attached hydrogen (secondary N) is 1. The number of benzene rings is 1. The van der Waals surface area contributed by atoms with Crippen LogP contribution in [0.2, 0.25) is 0 Å². The number of phenolic OH excluding ortho intramolecular Hbond substituents is 1. The first-order valence-corrected chi connectivity index (χ1v) is 9.48. The second kappa shape index (κ2) is 7.65. The molecule has 1 aromatic rings. The van der Waals surface area contributed by atoms with E-state index in [1.807, 2.05) is 26.0 Å². The Morgan fingerprint density at radius 1 is 1.24 bits per heavy atom. The monoisotopic (exact) mass is 345 g/mol. The number of amides is 2. The van der Waals surface area contributed by atoms with Gasteiger partial charge in [0.25, 0.3) is 0 Å². The van der Waals surface area contributed by atoms with Gasteiger partial charge >= 0.3 is 6.03 Å². The average Bonchev–Trinajstić information content (AvgIpc) is 2.58. The first kappa shape index (κ1) is 18.1. The maximum Gasteiger partial charge on any atom is 0.317 e. The molecule has 2 heterocycles. The number of phenols is 1. The standard InChI is InChI=1S/C20H31N3O2/c1-14-11-16(12-15(2)19(14)24)6-8-21-20(25)23-9-4-5-17-13-22(3)10-7-18(17)23/h11-12,17-18,24H,4-10,13H2,1-3H3,(H,21,25)/t17-,18-/m1/s1. The number of carbonyl (C=O) groups excluding carboxylic acids is 1. The normalized spacial score (nSPS) is 24.0. The predicted molar refractivity (Wildman–Crippen MR) is 100 cm³/mol. The molecule has 5 nitrogen and oxygen atoms in total. The second-order valence-electron chi connectivity index (χ2n) is 7.77. The van der Waals surface area contributed by atoms with E-state index in [4.69, 9.17) is 0 Å². The van der Waals surface area contributed by atoms with Gasteiger partial charge in [0.1, 0.15) is 5.75 Å². The summed E-state index contributed by atoms with van der Waals surface area (Å²) in [5.41, 5.74) is 2.95. The number of urea groups is 1. The molecule has 1 aromatic carbocycles. The van der Waals surface area contributed by atoms with Gasteiger partial charge in [0, 0.05) is 25.7 Å². The number of likely N-dealkylation sites (tertiary alicyclic amines) is 2. The Balaban J connectivity index is 1.54. The molecule has 138 valence electrons. The van der Waals surface area contributed by atoms with Crippen LogP contribution in [0.5, 0.6) is 5.75 Å². The number of piperidine rings is 2. The van der Waals surface area contributed by atoms with E-state index in [9.17, 15) is 9.90 Å². The molecule has 0 spiro atoms. The summed E-state index contributed by atoms with van der Waals surface area (Å²) in [6.45, 7) is 7.54. The van der Waals surface area contributed by atoms with Gasteiger partial charge in [-0.3, -0.25) is 0 Å². The summed E-state index contributed by atoms with van der Waals surface area (Å²) >= 11 is 0. The highest BCUT2D eigenvalue weighted by atomic mass is 16.3. The summed E-state index contributed by atoms with van der Waals surface area (Å²) in [4.78, 5) is 17.1. The smallest absolute Gasteiger partial charge is 0.317 e. The average molecular weight is 345 g/mol. The molecule has 2 aliphatic rings. The van der Waals surface area contributed by atoms with Gasteiger partial charge in [-0.25, -0.2) is 4.79 Å². The fourth-order valence-electron chi connectivity index (χ4n) is 4.44. The number of hydrogen-bond acceptors (Lipinski definition) is 3. The van der Waals surface area contributed by atoms with Crippen LogP contribution in [-0.2, 0) is 6.42 Å². The van der Waals surface area contributed by atoms with Crippen molar-refractivity contribution in [3.8, 4) is 5.75 Å². The first-order chi connectivity index (χ1) is 12.0. The lowest BCUT2D eigenvalue weighted by Gasteiger charge is -2.46. The van der Waals surface area contributed by atoms with Crippen molar-refractivity contribution in [2.24, 2.45) is 5.92 Å². The fraction of sp³-hybridized carbons (Fsp3) is 0.650. The van der Waals surface area contributed by atoms with Gasteiger partial charge in [0.15, 0.2) is 0 Å². The molecular weight excluding hydrogens is 314 g/mol. The SMILES string of the molecule is Cc1cc(CCNC(=O)N2CCC[C@@H]3CN(C)CC[C@H]32)cc(C)c1O. The van der Waals surface area contributed by atoms with E-state index in [1.54, 1.807) is 0 Å². The second-order valence-corrected chi connectivity index (χ2v) is 7.77. The van der Waals surface area contributed by atoms with Crippen LogP contribution in [-0.4, -0.2) is 60.2 Å². The van der Waals surface area contributed by atoms with Gasteiger partial charge in [0.05, 0.1) is 0 Å². The molecule has 25 heavy (non-hydrogen) atoms. The van der Waals surface area contributed by atoms with Crippen LogP contribution >= 0.6 is 0 Å². The fourth-order valence-corrected chi connectivity index (χ4v) is 4.44.